The fraction of sp³-hybridized carbons (Fsp3) is 0.385. The molecule has 1 aromatic carbocycles. The number of aryl methyl sites for hydroxylation is 1. The van der Waals surface area contributed by atoms with Gasteiger partial charge < -0.3 is 24.1 Å². The molecule has 0 aliphatic carbocycles. The van der Waals surface area contributed by atoms with Crippen molar-refractivity contribution in [2.24, 2.45) is 0 Å². The Kier molecular flexibility index (Phi) is 8.02. The third-order valence-corrected chi connectivity index (χ3v) is 6.08. The average molecular weight is 492 g/mol. The molecule has 0 saturated carbocycles. The van der Waals surface area contributed by atoms with Gasteiger partial charge in [0.1, 0.15) is 11.6 Å². The molecular formula is C26H29N5O5. The summed E-state index contributed by atoms with van der Waals surface area (Å²) in [4.78, 5) is 38.1. The predicted molar refractivity (Wildman–Crippen MR) is 136 cm³/mol. The lowest BCUT2D eigenvalue weighted by atomic mass is 10.1. The number of benzene rings is 1. The van der Waals surface area contributed by atoms with Crippen LogP contribution in [0.2, 0.25) is 0 Å². The maximum atomic E-state index is 13.0. The molecule has 10 nitrogen and oxygen atoms in total. The summed E-state index contributed by atoms with van der Waals surface area (Å²) in [6.07, 6.45) is 6.94. The number of nitrogens with one attached hydrogen (secondary N) is 1. The van der Waals surface area contributed by atoms with Crippen molar-refractivity contribution in [2.45, 2.75) is 13.3 Å². The third kappa shape index (κ3) is 5.58. The summed E-state index contributed by atoms with van der Waals surface area (Å²) < 4.78 is 15.9. The van der Waals surface area contributed by atoms with Crippen LogP contribution < -0.4 is 20.6 Å². The van der Waals surface area contributed by atoms with Crippen LogP contribution in [0.15, 0.2) is 39.7 Å². The number of hydrogen-bond acceptors (Lipinski definition) is 9. The Morgan fingerprint density at radius 1 is 1.28 bits per heavy atom. The molecule has 0 spiro atoms. The number of rotatable bonds is 8. The number of alkyl carbamates (subject to hydrolysis) is 1. The Labute approximate surface area is 209 Å². The van der Waals surface area contributed by atoms with Crippen molar-refractivity contribution in [3.05, 3.63) is 46.4 Å². The van der Waals surface area contributed by atoms with E-state index < -0.39 is 11.7 Å². The molecule has 0 bridgehead atoms. The molecule has 2 aromatic heterocycles. The minimum atomic E-state index is -0.516. The first-order valence-corrected chi connectivity index (χ1v) is 11.8. The van der Waals surface area contributed by atoms with Crippen LogP contribution in [-0.2, 0) is 11.2 Å². The van der Waals surface area contributed by atoms with E-state index in [1.165, 1.54) is 0 Å². The number of fused-ring (bicyclic) bond motifs is 1. The van der Waals surface area contributed by atoms with Crippen LogP contribution in [0.4, 0.5) is 10.6 Å². The lowest BCUT2D eigenvalue weighted by Crippen LogP contribution is -2.48. The maximum absolute atomic E-state index is 13.0. The summed E-state index contributed by atoms with van der Waals surface area (Å²) in [7, 11) is 1.59. The van der Waals surface area contributed by atoms with Crippen LogP contribution in [0.25, 0.3) is 22.4 Å². The largest absolute Gasteiger partial charge is 0.497 e. The Morgan fingerprint density at radius 2 is 2.08 bits per heavy atom. The van der Waals surface area contributed by atoms with E-state index in [4.69, 9.17) is 20.3 Å². The molecule has 0 radical (unpaired) electrons. The summed E-state index contributed by atoms with van der Waals surface area (Å²) in [6, 6.07) is 7.25. The second-order valence-corrected chi connectivity index (χ2v) is 8.25. The number of pyridine rings is 1. The van der Waals surface area contributed by atoms with Gasteiger partial charge in [0.15, 0.2) is 6.61 Å². The number of piperazine rings is 1. The number of ether oxygens (including phenoxy) is 2. The van der Waals surface area contributed by atoms with Crippen molar-refractivity contribution in [1.29, 1.82) is 0 Å². The van der Waals surface area contributed by atoms with E-state index >= 15 is 0 Å². The summed E-state index contributed by atoms with van der Waals surface area (Å²) in [6.45, 7) is 6.09. The topological polar surface area (TPSA) is 110 Å². The molecule has 1 amide bonds. The van der Waals surface area contributed by atoms with Gasteiger partial charge >= 0.3 is 11.7 Å². The molecule has 3 heterocycles. The predicted octanol–water partition coefficient (Wildman–Crippen LogP) is 2.30. The van der Waals surface area contributed by atoms with Gasteiger partial charge in [-0.25, -0.2) is 19.6 Å². The number of methoxy groups -OCH3 is 1. The molecule has 0 unspecified atom stereocenters. The zero-order chi connectivity index (χ0) is 25.5. The molecule has 1 fully saturated rings. The number of terminal acetylenes is 1. The normalized spacial score (nSPS) is 13.9. The second-order valence-electron chi connectivity index (χ2n) is 8.25. The van der Waals surface area contributed by atoms with Crippen LogP contribution in [0.1, 0.15) is 12.5 Å². The highest BCUT2D eigenvalue weighted by Gasteiger charge is 2.23. The number of carbonyl (C=O) groups excluding carboxylic acids is 1. The second kappa shape index (κ2) is 11.6. The summed E-state index contributed by atoms with van der Waals surface area (Å²) in [5.41, 5.74) is 1.59. The van der Waals surface area contributed by atoms with Crippen LogP contribution in [0.3, 0.4) is 0 Å². The first-order chi connectivity index (χ1) is 17.5. The van der Waals surface area contributed by atoms with E-state index in [1.807, 2.05) is 19.1 Å². The number of hydrogen-bond donors (Lipinski definition) is 1. The fourth-order valence-corrected chi connectivity index (χ4v) is 4.24. The van der Waals surface area contributed by atoms with E-state index in [-0.39, 0.29) is 12.5 Å². The monoisotopic (exact) mass is 491 g/mol. The van der Waals surface area contributed by atoms with Crippen molar-refractivity contribution >= 4 is 22.8 Å². The van der Waals surface area contributed by atoms with Gasteiger partial charge in [0.05, 0.1) is 23.6 Å². The zero-order valence-electron chi connectivity index (χ0n) is 20.5. The number of nitrogens with zero attached hydrogens (tertiary/aromatic N) is 4. The van der Waals surface area contributed by atoms with Gasteiger partial charge in [-0.3, -0.25) is 4.90 Å². The van der Waals surface area contributed by atoms with Crippen LogP contribution in [0, 0.1) is 12.3 Å². The van der Waals surface area contributed by atoms with Crippen LogP contribution >= 0.6 is 0 Å². The van der Waals surface area contributed by atoms with E-state index in [0.717, 1.165) is 31.7 Å². The SMILES string of the molecule is C#CCOC(=O)NCCN1CCN(c2ncccc2-c2nc3cc(OC)cc(CC)c3c(=O)o2)CC1. The summed E-state index contributed by atoms with van der Waals surface area (Å²) >= 11 is 0. The zero-order valence-corrected chi connectivity index (χ0v) is 20.5. The Hall–Kier alpha value is -4.10. The van der Waals surface area contributed by atoms with Crippen LogP contribution in [-0.4, -0.2) is 73.9 Å². The van der Waals surface area contributed by atoms with Crippen LogP contribution in [0.5, 0.6) is 5.75 Å². The average Bonchev–Trinajstić information content (AvgIpc) is 2.91. The molecule has 10 heteroatoms. The van der Waals surface area contributed by atoms with Gasteiger partial charge in [0, 0.05) is 51.5 Å². The van der Waals surface area contributed by atoms with Gasteiger partial charge in [0.2, 0.25) is 5.89 Å². The van der Waals surface area contributed by atoms with E-state index in [9.17, 15) is 9.59 Å². The number of anilines is 1. The van der Waals surface area contributed by atoms with Gasteiger partial charge in [-0.1, -0.05) is 12.8 Å². The number of carbonyl (C=O) groups is 1. The quantitative estimate of drug-likeness (QED) is 0.475. The lowest BCUT2D eigenvalue weighted by molar-refractivity contribution is 0.157. The van der Waals surface area contributed by atoms with Crippen molar-refractivity contribution in [1.82, 2.24) is 20.2 Å². The molecule has 1 aliphatic heterocycles. The number of amides is 1. The molecule has 1 N–H and O–H groups in total. The van der Waals surface area contributed by atoms with Crippen molar-refractivity contribution in [2.75, 3.05) is 57.9 Å². The van der Waals surface area contributed by atoms with Gasteiger partial charge in [-0.2, -0.15) is 0 Å². The first-order valence-electron chi connectivity index (χ1n) is 11.8. The Bertz CT molecular complexity index is 1320. The summed E-state index contributed by atoms with van der Waals surface area (Å²) in [5.74, 6) is 3.84. The molecular weight excluding hydrogens is 462 g/mol. The molecule has 4 rings (SSSR count). The van der Waals surface area contributed by atoms with Crippen molar-refractivity contribution in [3.8, 4) is 29.5 Å². The van der Waals surface area contributed by atoms with Gasteiger partial charge in [0.25, 0.3) is 0 Å². The van der Waals surface area contributed by atoms with Gasteiger partial charge in [-0.05, 0) is 30.2 Å². The fourth-order valence-electron chi connectivity index (χ4n) is 4.24. The maximum Gasteiger partial charge on any atom is 0.408 e. The van der Waals surface area contributed by atoms with E-state index in [1.54, 1.807) is 25.4 Å². The Morgan fingerprint density at radius 3 is 2.81 bits per heavy atom. The Balaban J connectivity index is 1.50. The summed E-state index contributed by atoms with van der Waals surface area (Å²) in [5, 5.41) is 3.16. The van der Waals surface area contributed by atoms with E-state index in [0.29, 0.717) is 47.5 Å². The van der Waals surface area contributed by atoms with Crippen molar-refractivity contribution < 1.29 is 18.7 Å². The highest BCUT2D eigenvalue weighted by atomic mass is 16.5. The molecule has 1 saturated heterocycles. The highest BCUT2D eigenvalue weighted by Crippen LogP contribution is 2.30. The standard InChI is InChI=1S/C26H29N5O5/c1-4-15-35-26(33)28-9-10-30-11-13-31(14-12-30)23-20(7-6-8-27-23)24-29-21-17-19(34-3)16-18(5-2)22(21)25(32)36-24/h1,6-8,16-17H,5,9-15H2,2-3H3,(H,28,33). The van der Waals surface area contributed by atoms with E-state index in [2.05, 4.69) is 31.0 Å². The molecule has 188 valence electrons. The highest BCUT2D eigenvalue weighted by molar-refractivity contribution is 5.84. The van der Waals surface area contributed by atoms with Gasteiger partial charge in [-0.15, -0.1) is 6.42 Å². The number of aromatic nitrogens is 2. The minimum Gasteiger partial charge on any atom is -0.497 e. The smallest absolute Gasteiger partial charge is 0.408 e. The van der Waals surface area contributed by atoms with Crippen molar-refractivity contribution in [3.63, 3.8) is 0 Å². The third-order valence-electron chi connectivity index (χ3n) is 6.08. The minimum absolute atomic E-state index is 0.0452. The molecule has 36 heavy (non-hydrogen) atoms. The molecule has 1 aliphatic rings. The first kappa shape index (κ1) is 25.0. The molecule has 0 atom stereocenters. The molecule has 3 aromatic rings. The lowest BCUT2D eigenvalue weighted by Gasteiger charge is -2.35.